The number of amides is 1. The summed E-state index contributed by atoms with van der Waals surface area (Å²) in [6, 6.07) is 7.89. The van der Waals surface area contributed by atoms with Crippen LogP contribution in [0.25, 0.3) is 0 Å². The van der Waals surface area contributed by atoms with E-state index in [1.165, 1.54) is 6.07 Å². The molecule has 0 saturated heterocycles. The lowest BCUT2D eigenvalue weighted by molar-refractivity contribution is 0.102. The summed E-state index contributed by atoms with van der Waals surface area (Å²) in [5.74, 6) is -2.70. The number of benzene rings is 2. The predicted molar refractivity (Wildman–Crippen MR) is 84.3 cm³/mol. The molecule has 3 N–H and O–H groups in total. The fourth-order valence-corrected chi connectivity index (χ4v) is 2.21. The third-order valence-electron chi connectivity index (χ3n) is 2.68. The second-order valence-electron chi connectivity index (χ2n) is 4.14. The lowest BCUT2D eigenvalue weighted by atomic mass is 10.1. The first-order valence-corrected chi connectivity index (χ1v) is 6.94. The molecule has 2 aromatic carbocycles. The van der Waals surface area contributed by atoms with Crippen LogP contribution >= 0.6 is 28.1 Å². The highest BCUT2D eigenvalue weighted by molar-refractivity contribution is 9.10. The van der Waals surface area contributed by atoms with E-state index in [9.17, 15) is 13.6 Å². The average molecular weight is 371 g/mol. The maximum Gasteiger partial charge on any atom is 0.255 e. The number of nitrogens with one attached hydrogen (secondary N) is 1. The Hall–Kier alpha value is -1.86. The minimum atomic E-state index is -1.09. The van der Waals surface area contributed by atoms with Crippen LogP contribution in [0.5, 0.6) is 0 Å². The maximum atomic E-state index is 13.1. The maximum absolute atomic E-state index is 13.1. The number of nitrogens with two attached hydrogens (primary N) is 1. The topological polar surface area (TPSA) is 55.1 Å². The zero-order valence-electron chi connectivity index (χ0n) is 10.5. The summed E-state index contributed by atoms with van der Waals surface area (Å²) in [6.45, 7) is 0. The van der Waals surface area contributed by atoms with Gasteiger partial charge in [0.25, 0.3) is 5.91 Å². The van der Waals surface area contributed by atoms with Crippen molar-refractivity contribution in [2.45, 2.75) is 0 Å². The van der Waals surface area contributed by atoms with Gasteiger partial charge in [0.05, 0.1) is 5.69 Å². The highest BCUT2D eigenvalue weighted by Gasteiger charge is 2.13. The SMILES string of the molecule is NC(=S)c1ccc(Br)cc1NC(=O)c1ccc(F)c(F)c1. The van der Waals surface area contributed by atoms with Gasteiger partial charge in [0, 0.05) is 15.6 Å². The fourth-order valence-electron chi connectivity index (χ4n) is 1.67. The summed E-state index contributed by atoms with van der Waals surface area (Å²) in [7, 11) is 0. The van der Waals surface area contributed by atoms with Crippen molar-refractivity contribution < 1.29 is 13.6 Å². The fraction of sp³-hybridized carbons (Fsp3) is 0. The summed E-state index contributed by atoms with van der Waals surface area (Å²) >= 11 is 8.17. The Morgan fingerprint density at radius 3 is 2.48 bits per heavy atom. The molecular weight excluding hydrogens is 362 g/mol. The Labute approximate surface area is 133 Å². The molecule has 0 aliphatic carbocycles. The summed E-state index contributed by atoms with van der Waals surface area (Å²) in [5, 5.41) is 2.57. The van der Waals surface area contributed by atoms with E-state index < -0.39 is 17.5 Å². The van der Waals surface area contributed by atoms with Crippen LogP contribution in [0.1, 0.15) is 15.9 Å². The molecule has 0 aliphatic heterocycles. The number of carbonyl (C=O) groups excluding carboxylic acids is 1. The van der Waals surface area contributed by atoms with Gasteiger partial charge < -0.3 is 11.1 Å². The summed E-state index contributed by atoms with van der Waals surface area (Å²) < 4.78 is 26.7. The number of rotatable bonds is 3. The Morgan fingerprint density at radius 2 is 1.86 bits per heavy atom. The zero-order valence-corrected chi connectivity index (χ0v) is 12.9. The molecule has 0 atom stereocenters. The molecule has 0 aliphatic rings. The van der Waals surface area contributed by atoms with Gasteiger partial charge in [0.2, 0.25) is 0 Å². The minimum absolute atomic E-state index is 0.0113. The molecule has 0 saturated carbocycles. The summed E-state index contributed by atoms with van der Waals surface area (Å²) in [5.41, 5.74) is 6.42. The second-order valence-corrected chi connectivity index (χ2v) is 5.49. The first-order valence-electron chi connectivity index (χ1n) is 5.74. The van der Waals surface area contributed by atoms with Crippen molar-refractivity contribution in [1.82, 2.24) is 0 Å². The van der Waals surface area contributed by atoms with E-state index in [0.29, 0.717) is 15.7 Å². The van der Waals surface area contributed by atoms with Gasteiger partial charge in [0.1, 0.15) is 4.99 Å². The number of anilines is 1. The lowest BCUT2D eigenvalue weighted by Crippen LogP contribution is -2.18. The molecular formula is C14H9BrF2N2OS. The highest BCUT2D eigenvalue weighted by Crippen LogP contribution is 2.22. The zero-order chi connectivity index (χ0) is 15.6. The molecule has 21 heavy (non-hydrogen) atoms. The van der Waals surface area contributed by atoms with Crippen molar-refractivity contribution in [2.24, 2.45) is 5.73 Å². The molecule has 2 aromatic rings. The van der Waals surface area contributed by atoms with Crippen LogP contribution in [0.3, 0.4) is 0 Å². The van der Waals surface area contributed by atoms with Crippen LogP contribution in [0.4, 0.5) is 14.5 Å². The first kappa shape index (κ1) is 15.5. The minimum Gasteiger partial charge on any atom is -0.389 e. The van der Waals surface area contributed by atoms with Crippen molar-refractivity contribution in [1.29, 1.82) is 0 Å². The normalized spacial score (nSPS) is 10.2. The average Bonchev–Trinajstić information content (AvgIpc) is 2.41. The first-order chi connectivity index (χ1) is 9.88. The Kier molecular flexibility index (Phi) is 4.64. The third kappa shape index (κ3) is 3.62. The predicted octanol–water partition coefficient (Wildman–Crippen LogP) is 3.61. The smallest absolute Gasteiger partial charge is 0.255 e. The number of hydrogen-bond acceptors (Lipinski definition) is 2. The lowest BCUT2D eigenvalue weighted by Gasteiger charge is -2.11. The molecule has 0 bridgehead atoms. The molecule has 0 unspecified atom stereocenters. The molecule has 0 fully saturated rings. The molecule has 0 spiro atoms. The molecule has 0 radical (unpaired) electrons. The van der Waals surface area contributed by atoms with Gasteiger partial charge in [0.15, 0.2) is 11.6 Å². The molecule has 0 aromatic heterocycles. The molecule has 7 heteroatoms. The largest absolute Gasteiger partial charge is 0.389 e. The Balaban J connectivity index is 2.33. The van der Waals surface area contributed by atoms with Crippen molar-refractivity contribution in [3.05, 3.63) is 63.6 Å². The Bertz CT molecular complexity index is 737. The number of carbonyl (C=O) groups is 1. The van der Waals surface area contributed by atoms with E-state index in [0.717, 1.165) is 12.1 Å². The van der Waals surface area contributed by atoms with Crippen molar-refractivity contribution in [2.75, 3.05) is 5.32 Å². The van der Waals surface area contributed by atoms with Crippen molar-refractivity contribution in [3.63, 3.8) is 0 Å². The van der Waals surface area contributed by atoms with Crippen LogP contribution in [0.2, 0.25) is 0 Å². The van der Waals surface area contributed by atoms with Crippen LogP contribution < -0.4 is 11.1 Å². The van der Waals surface area contributed by atoms with E-state index in [1.54, 1.807) is 18.2 Å². The number of halogens is 3. The summed E-state index contributed by atoms with van der Waals surface area (Å²) in [6.07, 6.45) is 0. The number of thiocarbonyl (C=S) groups is 1. The second kappa shape index (κ2) is 6.28. The van der Waals surface area contributed by atoms with Crippen LogP contribution in [-0.2, 0) is 0 Å². The van der Waals surface area contributed by atoms with E-state index in [4.69, 9.17) is 18.0 Å². The summed E-state index contributed by atoms with van der Waals surface area (Å²) in [4.78, 5) is 12.2. The van der Waals surface area contributed by atoms with Crippen molar-refractivity contribution in [3.8, 4) is 0 Å². The quantitative estimate of drug-likeness (QED) is 0.811. The highest BCUT2D eigenvalue weighted by atomic mass is 79.9. The van der Waals surface area contributed by atoms with E-state index in [-0.39, 0.29) is 10.6 Å². The molecule has 0 heterocycles. The number of hydrogen-bond donors (Lipinski definition) is 2. The van der Waals surface area contributed by atoms with E-state index in [1.807, 2.05) is 0 Å². The van der Waals surface area contributed by atoms with Gasteiger partial charge >= 0.3 is 0 Å². The standard InChI is InChI=1S/C14H9BrF2N2OS/c15-8-2-3-9(13(18)21)12(6-8)19-14(20)7-1-4-10(16)11(17)5-7/h1-6H,(H2,18,21)(H,19,20). The van der Waals surface area contributed by atoms with E-state index in [2.05, 4.69) is 21.2 Å². The van der Waals surface area contributed by atoms with Crippen LogP contribution in [0.15, 0.2) is 40.9 Å². The van der Waals surface area contributed by atoms with Crippen LogP contribution in [0, 0.1) is 11.6 Å². The van der Waals surface area contributed by atoms with Gasteiger partial charge in [-0.3, -0.25) is 4.79 Å². The van der Waals surface area contributed by atoms with Crippen molar-refractivity contribution >= 4 is 44.7 Å². The van der Waals surface area contributed by atoms with Gasteiger partial charge in [-0.1, -0.05) is 28.1 Å². The Morgan fingerprint density at radius 1 is 1.14 bits per heavy atom. The molecule has 3 nitrogen and oxygen atoms in total. The molecule has 108 valence electrons. The third-order valence-corrected chi connectivity index (χ3v) is 3.39. The molecule has 1 amide bonds. The van der Waals surface area contributed by atoms with Gasteiger partial charge in [-0.05, 0) is 36.4 Å². The van der Waals surface area contributed by atoms with Gasteiger partial charge in [-0.15, -0.1) is 0 Å². The van der Waals surface area contributed by atoms with E-state index >= 15 is 0 Å². The monoisotopic (exact) mass is 370 g/mol. The molecule has 2 rings (SSSR count). The van der Waals surface area contributed by atoms with Gasteiger partial charge in [-0.25, -0.2) is 8.78 Å². The van der Waals surface area contributed by atoms with Crippen LogP contribution in [-0.4, -0.2) is 10.9 Å². The van der Waals surface area contributed by atoms with Gasteiger partial charge in [-0.2, -0.15) is 0 Å².